The fourth-order valence-corrected chi connectivity index (χ4v) is 2.30. The number of amides is 1. The Bertz CT molecular complexity index is 926. The monoisotopic (exact) mass is 313 g/mol. The summed E-state index contributed by atoms with van der Waals surface area (Å²) in [5.41, 5.74) is 1.91. The van der Waals surface area contributed by atoms with Crippen LogP contribution in [0.4, 0.5) is 5.69 Å². The van der Waals surface area contributed by atoms with Gasteiger partial charge in [0.2, 0.25) is 0 Å². The summed E-state index contributed by atoms with van der Waals surface area (Å²) in [6.07, 6.45) is 0. The van der Waals surface area contributed by atoms with Gasteiger partial charge in [0.1, 0.15) is 11.5 Å². The Labute approximate surface area is 131 Å². The number of methoxy groups -OCH3 is 2. The molecule has 0 aliphatic heterocycles. The lowest BCUT2D eigenvalue weighted by Crippen LogP contribution is -2.13. The summed E-state index contributed by atoms with van der Waals surface area (Å²) in [4.78, 5) is 29.0. The van der Waals surface area contributed by atoms with Crippen molar-refractivity contribution in [3.05, 3.63) is 52.4 Å². The number of anilines is 1. The van der Waals surface area contributed by atoms with E-state index in [1.165, 1.54) is 14.2 Å². The minimum atomic E-state index is -0.335. The van der Waals surface area contributed by atoms with Gasteiger partial charge in [-0.2, -0.15) is 0 Å². The number of ether oxygens (including phenoxy) is 2. The molecule has 118 valence electrons. The van der Waals surface area contributed by atoms with Crippen molar-refractivity contribution in [2.45, 2.75) is 0 Å². The van der Waals surface area contributed by atoms with Gasteiger partial charge in [-0.05, 0) is 36.4 Å². The number of carbonyl (C=O) groups excluding carboxylic acids is 1. The number of benzene rings is 2. The van der Waals surface area contributed by atoms with Crippen molar-refractivity contribution in [3.8, 4) is 11.5 Å². The third kappa shape index (κ3) is 2.89. The highest BCUT2D eigenvalue weighted by Gasteiger charge is 2.14. The van der Waals surface area contributed by atoms with Gasteiger partial charge in [0, 0.05) is 5.69 Å². The summed E-state index contributed by atoms with van der Waals surface area (Å²) in [6, 6.07) is 10.1. The number of rotatable bonds is 4. The van der Waals surface area contributed by atoms with Crippen LogP contribution in [-0.4, -0.2) is 30.1 Å². The van der Waals surface area contributed by atoms with Gasteiger partial charge in [-0.15, -0.1) is 0 Å². The maximum Gasteiger partial charge on any atom is 0.323 e. The molecule has 0 aliphatic carbocycles. The van der Waals surface area contributed by atoms with E-state index in [-0.39, 0.29) is 11.6 Å². The normalized spacial score (nSPS) is 10.5. The van der Waals surface area contributed by atoms with Crippen LogP contribution in [0.3, 0.4) is 0 Å². The molecule has 1 amide bonds. The van der Waals surface area contributed by atoms with Crippen LogP contribution >= 0.6 is 0 Å². The fraction of sp³-hybridized carbons (Fsp3) is 0.125. The van der Waals surface area contributed by atoms with Gasteiger partial charge in [0.05, 0.1) is 30.8 Å². The zero-order valence-electron chi connectivity index (χ0n) is 12.6. The number of aromatic nitrogens is 2. The molecule has 2 aromatic carbocycles. The first-order valence-corrected chi connectivity index (χ1v) is 6.86. The lowest BCUT2D eigenvalue weighted by atomic mass is 10.1. The third-order valence-electron chi connectivity index (χ3n) is 3.43. The molecule has 0 unspecified atom stereocenters. The Morgan fingerprint density at radius 3 is 2.52 bits per heavy atom. The Kier molecular flexibility index (Phi) is 3.76. The molecule has 3 N–H and O–H groups in total. The van der Waals surface area contributed by atoms with Gasteiger partial charge in [-0.25, -0.2) is 4.79 Å². The lowest BCUT2D eigenvalue weighted by molar-refractivity contribution is 0.102. The van der Waals surface area contributed by atoms with Gasteiger partial charge in [0.15, 0.2) is 0 Å². The van der Waals surface area contributed by atoms with Crippen molar-refractivity contribution in [2.75, 3.05) is 19.5 Å². The van der Waals surface area contributed by atoms with Crippen molar-refractivity contribution in [2.24, 2.45) is 0 Å². The quantitative estimate of drug-likeness (QED) is 0.687. The highest BCUT2D eigenvalue weighted by Crippen LogP contribution is 2.25. The number of aromatic amines is 2. The molecule has 1 heterocycles. The van der Waals surface area contributed by atoms with Crippen LogP contribution in [0.25, 0.3) is 11.0 Å². The highest BCUT2D eigenvalue weighted by atomic mass is 16.5. The molecular formula is C16H15N3O4. The molecule has 1 aromatic heterocycles. The molecule has 0 aliphatic rings. The van der Waals surface area contributed by atoms with E-state index < -0.39 is 0 Å². The first kappa shape index (κ1) is 14.7. The number of hydrogen-bond acceptors (Lipinski definition) is 4. The SMILES string of the molecule is COc1ccc(OC)c(C(=O)Nc2ccc3[nH]c(=O)[nH]c3c2)c1. The average Bonchev–Trinajstić information content (AvgIpc) is 2.93. The molecule has 0 spiro atoms. The van der Waals surface area contributed by atoms with Crippen molar-refractivity contribution in [1.29, 1.82) is 0 Å². The van der Waals surface area contributed by atoms with E-state index in [0.717, 1.165) is 0 Å². The minimum absolute atomic E-state index is 0.294. The van der Waals surface area contributed by atoms with E-state index in [9.17, 15) is 9.59 Å². The van der Waals surface area contributed by atoms with E-state index in [2.05, 4.69) is 15.3 Å². The second kappa shape index (κ2) is 5.88. The van der Waals surface area contributed by atoms with Crippen molar-refractivity contribution in [1.82, 2.24) is 9.97 Å². The predicted octanol–water partition coefficient (Wildman–Crippen LogP) is 2.13. The number of fused-ring (bicyclic) bond motifs is 1. The molecule has 0 saturated carbocycles. The van der Waals surface area contributed by atoms with Crippen molar-refractivity contribution >= 4 is 22.6 Å². The summed E-state index contributed by atoms with van der Waals surface area (Å²) in [7, 11) is 3.02. The van der Waals surface area contributed by atoms with E-state index >= 15 is 0 Å². The van der Waals surface area contributed by atoms with Crippen molar-refractivity contribution < 1.29 is 14.3 Å². The molecule has 0 saturated heterocycles. The largest absolute Gasteiger partial charge is 0.497 e. The number of hydrogen-bond donors (Lipinski definition) is 3. The number of carbonyl (C=O) groups is 1. The predicted molar refractivity (Wildman–Crippen MR) is 86.4 cm³/mol. The summed E-state index contributed by atoms with van der Waals surface area (Å²) < 4.78 is 10.3. The average molecular weight is 313 g/mol. The Hall–Kier alpha value is -3.22. The first-order valence-electron chi connectivity index (χ1n) is 6.86. The molecule has 0 radical (unpaired) electrons. The number of imidazole rings is 1. The standard InChI is InChI=1S/C16H15N3O4/c1-22-10-4-6-14(23-2)11(8-10)15(20)17-9-3-5-12-13(7-9)19-16(21)18-12/h3-8H,1-2H3,(H,17,20)(H2,18,19,21). The number of nitrogens with one attached hydrogen (secondary N) is 3. The molecule has 3 rings (SSSR count). The molecule has 7 nitrogen and oxygen atoms in total. The van der Waals surface area contributed by atoms with Gasteiger partial charge < -0.3 is 24.8 Å². The van der Waals surface area contributed by atoms with Crippen LogP contribution in [0.2, 0.25) is 0 Å². The summed E-state index contributed by atoms with van der Waals surface area (Å²) >= 11 is 0. The van der Waals surface area contributed by atoms with E-state index in [4.69, 9.17) is 9.47 Å². The molecule has 0 fully saturated rings. The molecular weight excluding hydrogens is 298 g/mol. The van der Waals surface area contributed by atoms with Crippen LogP contribution in [0.15, 0.2) is 41.2 Å². The van der Waals surface area contributed by atoms with Crippen LogP contribution in [0.1, 0.15) is 10.4 Å². The minimum Gasteiger partial charge on any atom is -0.497 e. The van der Waals surface area contributed by atoms with Crippen LogP contribution in [-0.2, 0) is 0 Å². The number of H-pyrrole nitrogens is 2. The topological polar surface area (TPSA) is 96.2 Å². The smallest absolute Gasteiger partial charge is 0.323 e. The molecule has 23 heavy (non-hydrogen) atoms. The van der Waals surface area contributed by atoms with Gasteiger partial charge >= 0.3 is 5.69 Å². The van der Waals surface area contributed by atoms with E-state index in [1.807, 2.05) is 0 Å². The Morgan fingerprint density at radius 2 is 1.78 bits per heavy atom. The second-order valence-electron chi connectivity index (χ2n) is 4.86. The van der Waals surface area contributed by atoms with E-state index in [1.54, 1.807) is 36.4 Å². The van der Waals surface area contributed by atoms with Gasteiger partial charge in [-0.1, -0.05) is 0 Å². The molecule has 3 aromatic rings. The van der Waals surface area contributed by atoms with Crippen LogP contribution in [0, 0.1) is 0 Å². The Morgan fingerprint density at radius 1 is 1.00 bits per heavy atom. The maximum atomic E-state index is 12.5. The molecule has 7 heteroatoms. The highest BCUT2D eigenvalue weighted by molar-refractivity contribution is 6.07. The summed E-state index contributed by atoms with van der Waals surface area (Å²) in [6.45, 7) is 0. The second-order valence-corrected chi connectivity index (χ2v) is 4.86. The van der Waals surface area contributed by atoms with Crippen LogP contribution < -0.4 is 20.5 Å². The van der Waals surface area contributed by atoms with Crippen molar-refractivity contribution in [3.63, 3.8) is 0 Å². The Balaban J connectivity index is 1.92. The van der Waals surface area contributed by atoms with Gasteiger partial charge in [-0.3, -0.25) is 4.79 Å². The van der Waals surface area contributed by atoms with E-state index in [0.29, 0.717) is 33.8 Å². The lowest BCUT2D eigenvalue weighted by Gasteiger charge is -2.11. The molecule has 0 bridgehead atoms. The fourth-order valence-electron chi connectivity index (χ4n) is 2.30. The maximum absolute atomic E-state index is 12.5. The first-order chi connectivity index (χ1) is 11.1. The zero-order valence-corrected chi connectivity index (χ0v) is 12.6. The van der Waals surface area contributed by atoms with Crippen LogP contribution in [0.5, 0.6) is 11.5 Å². The zero-order chi connectivity index (χ0) is 16.4. The summed E-state index contributed by atoms with van der Waals surface area (Å²) in [5, 5.41) is 2.78. The van der Waals surface area contributed by atoms with Gasteiger partial charge in [0.25, 0.3) is 5.91 Å². The summed E-state index contributed by atoms with van der Waals surface area (Å²) in [5.74, 6) is 0.666. The molecule has 0 atom stereocenters. The third-order valence-corrected chi connectivity index (χ3v) is 3.43.